The molecule has 8 heteroatoms. The largest absolute Gasteiger partial charge is 0.334 e. The lowest BCUT2D eigenvalue weighted by Gasteiger charge is -2.27. The van der Waals surface area contributed by atoms with Gasteiger partial charge in [-0.2, -0.15) is 0 Å². The molecule has 4 rings (SSSR count). The van der Waals surface area contributed by atoms with Gasteiger partial charge in [0.2, 0.25) is 17.7 Å². The van der Waals surface area contributed by atoms with E-state index < -0.39 is 0 Å². The monoisotopic (exact) mass is 440 g/mol. The van der Waals surface area contributed by atoms with E-state index in [1.54, 1.807) is 12.4 Å². The Balaban J connectivity index is 1.42. The molecule has 2 fully saturated rings. The molecule has 1 aromatic heterocycles. The van der Waals surface area contributed by atoms with Crippen molar-refractivity contribution in [2.24, 2.45) is 0 Å². The van der Waals surface area contributed by atoms with Crippen molar-refractivity contribution in [3.63, 3.8) is 0 Å². The lowest BCUT2D eigenvalue weighted by Crippen LogP contribution is -2.42. The molecule has 0 unspecified atom stereocenters. The van der Waals surface area contributed by atoms with E-state index in [-0.39, 0.29) is 36.7 Å². The maximum atomic E-state index is 12.9. The van der Waals surface area contributed by atoms with Crippen LogP contribution in [0.1, 0.15) is 61.5 Å². The molecule has 0 saturated carbocycles. The number of hydrogen-bond donors (Lipinski definition) is 0. The molecule has 0 aliphatic carbocycles. The van der Waals surface area contributed by atoms with Crippen LogP contribution in [0.2, 0.25) is 5.02 Å². The Bertz CT molecular complexity index is 980. The van der Waals surface area contributed by atoms with Crippen LogP contribution in [-0.2, 0) is 20.8 Å². The lowest BCUT2D eigenvalue weighted by molar-refractivity contribution is -0.148. The maximum Gasteiger partial charge on any atom is 0.229 e. The number of aromatic nitrogens is 2. The van der Waals surface area contributed by atoms with Gasteiger partial charge in [0, 0.05) is 50.0 Å². The smallest absolute Gasteiger partial charge is 0.229 e. The SMILES string of the molecule is O=C1CCCC(=O)N1CCC(=O)N1CCC[C@H]1c1cncc(Cc2cccc(Cl)c2)n1. The minimum Gasteiger partial charge on any atom is -0.334 e. The molecule has 0 N–H and O–H groups in total. The zero-order chi connectivity index (χ0) is 21.8. The molecule has 2 aliphatic rings. The van der Waals surface area contributed by atoms with Crippen LogP contribution in [0, 0.1) is 0 Å². The highest BCUT2D eigenvalue weighted by atomic mass is 35.5. The quantitative estimate of drug-likeness (QED) is 0.643. The molecular weight excluding hydrogens is 416 g/mol. The molecule has 2 aromatic rings. The number of carbonyl (C=O) groups is 3. The highest BCUT2D eigenvalue weighted by Gasteiger charge is 2.32. The fraction of sp³-hybridized carbons (Fsp3) is 0.435. The Morgan fingerprint density at radius 3 is 2.71 bits per heavy atom. The minimum absolute atomic E-state index is 0.0595. The highest BCUT2D eigenvalue weighted by molar-refractivity contribution is 6.30. The fourth-order valence-electron chi connectivity index (χ4n) is 4.30. The number of benzene rings is 1. The molecule has 0 radical (unpaired) electrons. The van der Waals surface area contributed by atoms with Gasteiger partial charge >= 0.3 is 0 Å². The van der Waals surface area contributed by atoms with E-state index in [1.807, 2.05) is 29.2 Å². The molecule has 3 amide bonds. The molecule has 1 aromatic carbocycles. The van der Waals surface area contributed by atoms with E-state index in [1.165, 1.54) is 4.90 Å². The highest BCUT2D eigenvalue weighted by Crippen LogP contribution is 2.31. The summed E-state index contributed by atoms with van der Waals surface area (Å²) in [5.74, 6) is -0.418. The zero-order valence-corrected chi connectivity index (χ0v) is 18.1. The molecule has 2 aliphatic heterocycles. The Morgan fingerprint density at radius 2 is 1.94 bits per heavy atom. The number of amides is 3. The van der Waals surface area contributed by atoms with Gasteiger partial charge < -0.3 is 4.90 Å². The molecule has 2 saturated heterocycles. The maximum absolute atomic E-state index is 12.9. The first-order valence-electron chi connectivity index (χ1n) is 10.7. The van der Waals surface area contributed by atoms with Crippen LogP contribution in [0.4, 0.5) is 0 Å². The third-order valence-corrected chi connectivity index (χ3v) is 6.06. The topological polar surface area (TPSA) is 83.5 Å². The number of halogens is 1. The van der Waals surface area contributed by atoms with Crippen molar-refractivity contribution in [2.45, 2.75) is 51.0 Å². The Kier molecular flexibility index (Phi) is 6.61. The van der Waals surface area contributed by atoms with Gasteiger partial charge in [-0.3, -0.25) is 29.3 Å². The number of rotatable bonds is 6. The van der Waals surface area contributed by atoms with E-state index in [4.69, 9.17) is 16.6 Å². The summed E-state index contributed by atoms with van der Waals surface area (Å²) >= 11 is 6.08. The van der Waals surface area contributed by atoms with Crippen LogP contribution < -0.4 is 0 Å². The minimum atomic E-state index is -0.179. The van der Waals surface area contributed by atoms with Crippen molar-refractivity contribution in [3.05, 3.63) is 58.6 Å². The number of nitrogens with zero attached hydrogens (tertiary/aromatic N) is 4. The number of hydrogen-bond acceptors (Lipinski definition) is 5. The van der Waals surface area contributed by atoms with Crippen molar-refractivity contribution in [2.75, 3.05) is 13.1 Å². The van der Waals surface area contributed by atoms with E-state index in [0.717, 1.165) is 29.8 Å². The second-order valence-corrected chi connectivity index (χ2v) is 8.47. The molecule has 31 heavy (non-hydrogen) atoms. The van der Waals surface area contributed by atoms with Gasteiger partial charge in [-0.25, -0.2) is 0 Å². The number of likely N-dealkylation sites (tertiary alicyclic amines) is 2. The van der Waals surface area contributed by atoms with Gasteiger partial charge in [0.25, 0.3) is 0 Å². The predicted octanol–water partition coefficient (Wildman–Crippen LogP) is 3.31. The van der Waals surface area contributed by atoms with Crippen LogP contribution in [0.3, 0.4) is 0 Å². The molecule has 0 spiro atoms. The van der Waals surface area contributed by atoms with Gasteiger partial charge in [0.15, 0.2) is 0 Å². The number of piperidine rings is 1. The van der Waals surface area contributed by atoms with E-state index >= 15 is 0 Å². The Hall–Kier alpha value is -2.80. The number of imide groups is 1. The molecule has 162 valence electrons. The summed E-state index contributed by atoms with van der Waals surface area (Å²) in [5.41, 5.74) is 2.65. The Labute approximate surface area is 186 Å². The first kappa shape index (κ1) is 21.4. The molecular formula is C23H25ClN4O3. The van der Waals surface area contributed by atoms with Crippen molar-refractivity contribution in [1.29, 1.82) is 0 Å². The van der Waals surface area contributed by atoms with Crippen molar-refractivity contribution in [1.82, 2.24) is 19.8 Å². The first-order valence-corrected chi connectivity index (χ1v) is 11.1. The van der Waals surface area contributed by atoms with Crippen LogP contribution in [-0.4, -0.2) is 50.6 Å². The van der Waals surface area contributed by atoms with Crippen LogP contribution in [0.5, 0.6) is 0 Å². The Morgan fingerprint density at radius 1 is 1.13 bits per heavy atom. The summed E-state index contributed by atoms with van der Waals surface area (Å²) in [7, 11) is 0. The third kappa shape index (κ3) is 5.10. The predicted molar refractivity (Wildman–Crippen MR) is 115 cm³/mol. The molecule has 1 atom stereocenters. The molecule has 0 bridgehead atoms. The van der Waals surface area contributed by atoms with Gasteiger partial charge in [-0.1, -0.05) is 23.7 Å². The fourth-order valence-corrected chi connectivity index (χ4v) is 4.51. The van der Waals surface area contributed by atoms with E-state index in [2.05, 4.69) is 4.98 Å². The second-order valence-electron chi connectivity index (χ2n) is 8.03. The summed E-state index contributed by atoms with van der Waals surface area (Å²) in [6.07, 6.45) is 7.27. The third-order valence-electron chi connectivity index (χ3n) is 5.82. The van der Waals surface area contributed by atoms with Crippen molar-refractivity contribution >= 4 is 29.3 Å². The number of carbonyl (C=O) groups excluding carboxylic acids is 3. The average Bonchev–Trinajstić information content (AvgIpc) is 3.24. The van der Waals surface area contributed by atoms with Gasteiger partial charge in [-0.15, -0.1) is 0 Å². The average molecular weight is 441 g/mol. The second kappa shape index (κ2) is 9.56. The molecule has 3 heterocycles. The lowest BCUT2D eigenvalue weighted by atomic mass is 10.1. The van der Waals surface area contributed by atoms with Crippen LogP contribution >= 0.6 is 11.6 Å². The van der Waals surface area contributed by atoms with Crippen LogP contribution in [0.25, 0.3) is 0 Å². The first-order chi connectivity index (χ1) is 15.0. The summed E-state index contributed by atoms with van der Waals surface area (Å²) in [6, 6.07) is 7.51. The van der Waals surface area contributed by atoms with Crippen molar-refractivity contribution < 1.29 is 14.4 Å². The van der Waals surface area contributed by atoms with Gasteiger partial charge in [0.05, 0.1) is 23.6 Å². The van der Waals surface area contributed by atoms with E-state index in [9.17, 15) is 14.4 Å². The normalized spacial score (nSPS) is 19.2. The summed E-state index contributed by atoms with van der Waals surface area (Å²) < 4.78 is 0. The summed E-state index contributed by atoms with van der Waals surface area (Å²) in [5, 5.41) is 0.680. The van der Waals surface area contributed by atoms with Gasteiger partial charge in [-0.05, 0) is 37.0 Å². The van der Waals surface area contributed by atoms with Crippen LogP contribution in [0.15, 0.2) is 36.7 Å². The van der Waals surface area contributed by atoms with Crippen molar-refractivity contribution in [3.8, 4) is 0 Å². The zero-order valence-electron chi connectivity index (χ0n) is 17.3. The summed E-state index contributed by atoms with van der Waals surface area (Å²) in [6.45, 7) is 0.797. The van der Waals surface area contributed by atoms with Gasteiger partial charge in [0.1, 0.15) is 0 Å². The van der Waals surface area contributed by atoms with E-state index in [0.29, 0.717) is 37.3 Å². The standard InChI is InChI=1S/C23H25ClN4O3/c24-17-5-1-4-16(12-17)13-18-14-25-15-19(26-18)20-6-3-10-27(20)23(31)9-11-28-21(29)7-2-8-22(28)30/h1,4-5,12,14-15,20H,2-3,6-11,13H2/t20-/m0/s1. The summed E-state index contributed by atoms with van der Waals surface area (Å²) in [4.78, 5) is 49.0. The molecule has 7 nitrogen and oxygen atoms in total.